The third kappa shape index (κ3) is 3.64. The number of aryl methyl sites for hydroxylation is 1. The Kier molecular flexibility index (Phi) is 4.25. The summed E-state index contributed by atoms with van der Waals surface area (Å²) in [5.41, 5.74) is 3.64. The zero-order valence-electron chi connectivity index (χ0n) is 12.7. The molecule has 2 atom stereocenters. The van der Waals surface area contributed by atoms with Crippen LogP contribution in [0, 0.1) is 6.92 Å². The number of nitrogens with one attached hydrogen (secondary N) is 1. The van der Waals surface area contributed by atoms with Crippen molar-refractivity contribution >= 4 is 5.69 Å². The van der Waals surface area contributed by atoms with Gasteiger partial charge in [0.15, 0.2) is 0 Å². The molecule has 1 aromatic heterocycles. The molecule has 0 radical (unpaired) electrons. The van der Waals surface area contributed by atoms with Crippen molar-refractivity contribution in [1.82, 2.24) is 9.78 Å². The lowest BCUT2D eigenvalue weighted by atomic mass is 10.1. The van der Waals surface area contributed by atoms with Gasteiger partial charge in [0.2, 0.25) is 0 Å². The number of aromatic nitrogens is 2. The fourth-order valence-corrected chi connectivity index (χ4v) is 2.81. The van der Waals surface area contributed by atoms with Gasteiger partial charge in [0, 0.05) is 18.8 Å². The molecule has 0 aliphatic carbocycles. The van der Waals surface area contributed by atoms with Crippen LogP contribution in [0.4, 0.5) is 5.69 Å². The molecule has 4 heteroatoms. The number of rotatable bonds is 5. The summed E-state index contributed by atoms with van der Waals surface area (Å²) in [6.45, 7) is 6.03. The van der Waals surface area contributed by atoms with Gasteiger partial charge in [-0.3, -0.25) is 4.68 Å². The number of hydrogen-bond donors (Lipinski definition) is 1. The minimum Gasteiger partial charge on any atom is -0.376 e. The predicted octanol–water partition coefficient (Wildman–Crippen LogP) is 3.54. The summed E-state index contributed by atoms with van der Waals surface area (Å²) in [7, 11) is 0. The van der Waals surface area contributed by atoms with E-state index in [9.17, 15) is 0 Å². The summed E-state index contributed by atoms with van der Waals surface area (Å²) in [6.07, 6.45) is 6.59. The first kappa shape index (κ1) is 14.1. The van der Waals surface area contributed by atoms with Crippen molar-refractivity contribution in [3.05, 3.63) is 47.8 Å². The van der Waals surface area contributed by atoms with Crippen LogP contribution >= 0.6 is 0 Å². The van der Waals surface area contributed by atoms with E-state index in [1.807, 2.05) is 10.9 Å². The van der Waals surface area contributed by atoms with Crippen molar-refractivity contribution in [2.45, 2.75) is 45.4 Å². The van der Waals surface area contributed by atoms with E-state index in [0.717, 1.165) is 25.3 Å². The molecule has 2 aromatic rings. The molecule has 2 unspecified atom stereocenters. The first-order valence-electron chi connectivity index (χ1n) is 7.68. The zero-order valence-corrected chi connectivity index (χ0v) is 12.7. The number of anilines is 1. The number of hydrogen-bond acceptors (Lipinski definition) is 3. The highest BCUT2D eigenvalue weighted by Gasteiger charge is 2.16. The monoisotopic (exact) mass is 285 g/mol. The highest BCUT2D eigenvalue weighted by Crippen LogP contribution is 2.20. The summed E-state index contributed by atoms with van der Waals surface area (Å²) in [6, 6.07) is 8.86. The lowest BCUT2D eigenvalue weighted by Gasteiger charge is -2.14. The lowest BCUT2D eigenvalue weighted by Crippen LogP contribution is -2.15. The number of nitrogens with zero attached hydrogens (tertiary/aromatic N) is 2. The van der Waals surface area contributed by atoms with Crippen molar-refractivity contribution < 1.29 is 4.74 Å². The van der Waals surface area contributed by atoms with E-state index in [0.29, 0.717) is 6.10 Å². The molecular weight excluding hydrogens is 262 g/mol. The fraction of sp³-hybridized carbons (Fsp3) is 0.471. The van der Waals surface area contributed by atoms with Crippen molar-refractivity contribution in [3.8, 4) is 0 Å². The Labute approximate surface area is 126 Å². The van der Waals surface area contributed by atoms with Gasteiger partial charge < -0.3 is 10.1 Å². The van der Waals surface area contributed by atoms with Crippen LogP contribution in [-0.2, 0) is 11.3 Å². The van der Waals surface area contributed by atoms with E-state index < -0.39 is 0 Å². The van der Waals surface area contributed by atoms with Crippen molar-refractivity contribution in [2.75, 3.05) is 11.9 Å². The molecule has 21 heavy (non-hydrogen) atoms. The highest BCUT2D eigenvalue weighted by molar-refractivity contribution is 5.42. The molecule has 1 aliphatic heterocycles. The molecule has 1 aromatic carbocycles. The topological polar surface area (TPSA) is 39.1 Å². The molecule has 1 aliphatic rings. The lowest BCUT2D eigenvalue weighted by molar-refractivity contribution is 0.0940. The second-order valence-electron chi connectivity index (χ2n) is 5.87. The minimum atomic E-state index is 0.269. The minimum absolute atomic E-state index is 0.269. The average molecular weight is 285 g/mol. The average Bonchev–Trinajstić information content (AvgIpc) is 3.11. The van der Waals surface area contributed by atoms with Crippen LogP contribution in [0.2, 0.25) is 0 Å². The maximum absolute atomic E-state index is 5.65. The first-order chi connectivity index (χ1) is 10.2. The molecule has 1 fully saturated rings. The zero-order chi connectivity index (χ0) is 14.7. The van der Waals surface area contributed by atoms with E-state index in [-0.39, 0.29) is 6.04 Å². The van der Waals surface area contributed by atoms with Crippen LogP contribution in [0.3, 0.4) is 0 Å². The van der Waals surface area contributed by atoms with Gasteiger partial charge in [-0.25, -0.2) is 0 Å². The van der Waals surface area contributed by atoms with Crippen LogP contribution < -0.4 is 5.32 Å². The molecule has 1 saturated heterocycles. The van der Waals surface area contributed by atoms with Crippen molar-refractivity contribution in [2.24, 2.45) is 0 Å². The summed E-state index contributed by atoms with van der Waals surface area (Å²) in [4.78, 5) is 0. The Balaban J connectivity index is 1.61. The van der Waals surface area contributed by atoms with Gasteiger partial charge in [0.1, 0.15) is 0 Å². The standard InChI is InChI=1S/C17H23N3O/c1-13-5-3-6-15(9-13)14(2)19-16-10-18-20(11-16)12-17-7-4-8-21-17/h3,5-6,9-11,14,17,19H,4,7-8,12H2,1-2H3. The Morgan fingerprint density at radius 2 is 2.38 bits per heavy atom. The quantitative estimate of drug-likeness (QED) is 0.913. The van der Waals surface area contributed by atoms with Gasteiger partial charge in [-0.1, -0.05) is 29.8 Å². The molecule has 2 heterocycles. The summed E-state index contributed by atoms with van der Waals surface area (Å²) in [5, 5.41) is 7.92. The van der Waals surface area contributed by atoms with Gasteiger partial charge in [-0.15, -0.1) is 0 Å². The fourth-order valence-electron chi connectivity index (χ4n) is 2.81. The van der Waals surface area contributed by atoms with E-state index in [1.165, 1.54) is 17.5 Å². The Morgan fingerprint density at radius 1 is 1.48 bits per heavy atom. The van der Waals surface area contributed by atoms with Crippen LogP contribution in [-0.4, -0.2) is 22.5 Å². The summed E-state index contributed by atoms with van der Waals surface area (Å²) in [5.74, 6) is 0. The summed E-state index contributed by atoms with van der Waals surface area (Å²) < 4.78 is 7.62. The highest BCUT2D eigenvalue weighted by atomic mass is 16.5. The third-order valence-electron chi connectivity index (χ3n) is 3.97. The molecule has 1 N–H and O–H groups in total. The Morgan fingerprint density at radius 3 is 3.14 bits per heavy atom. The Bertz CT molecular complexity index is 587. The van der Waals surface area contributed by atoms with Crippen LogP contribution in [0.15, 0.2) is 36.7 Å². The van der Waals surface area contributed by atoms with Crippen LogP contribution in [0.5, 0.6) is 0 Å². The summed E-state index contributed by atoms with van der Waals surface area (Å²) >= 11 is 0. The number of ether oxygens (including phenoxy) is 1. The maximum atomic E-state index is 5.65. The molecule has 112 valence electrons. The van der Waals surface area contributed by atoms with Crippen molar-refractivity contribution in [3.63, 3.8) is 0 Å². The van der Waals surface area contributed by atoms with E-state index in [2.05, 4.69) is 54.7 Å². The van der Waals surface area contributed by atoms with Crippen LogP contribution in [0.25, 0.3) is 0 Å². The smallest absolute Gasteiger partial charge is 0.0771 e. The molecule has 0 amide bonds. The van der Waals surface area contributed by atoms with Gasteiger partial charge in [-0.2, -0.15) is 5.10 Å². The van der Waals surface area contributed by atoms with E-state index >= 15 is 0 Å². The SMILES string of the molecule is Cc1cccc(C(C)Nc2cnn(CC3CCCO3)c2)c1. The normalized spacial score (nSPS) is 19.6. The van der Waals surface area contributed by atoms with Gasteiger partial charge in [-0.05, 0) is 32.3 Å². The first-order valence-corrected chi connectivity index (χ1v) is 7.68. The second kappa shape index (κ2) is 6.31. The van der Waals surface area contributed by atoms with Crippen LogP contribution in [0.1, 0.15) is 36.9 Å². The molecule has 3 rings (SSSR count). The van der Waals surface area contributed by atoms with Crippen molar-refractivity contribution in [1.29, 1.82) is 0 Å². The predicted molar refractivity (Wildman–Crippen MR) is 84.4 cm³/mol. The van der Waals surface area contributed by atoms with E-state index in [4.69, 9.17) is 4.74 Å². The third-order valence-corrected chi connectivity index (χ3v) is 3.97. The molecule has 0 saturated carbocycles. The molecule has 0 spiro atoms. The van der Waals surface area contributed by atoms with Gasteiger partial charge in [0.25, 0.3) is 0 Å². The second-order valence-corrected chi connectivity index (χ2v) is 5.87. The van der Waals surface area contributed by atoms with Gasteiger partial charge >= 0.3 is 0 Å². The molecular formula is C17H23N3O. The van der Waals surface area contributed by atoms with E-state index in [1.54, 1.807) is 0 Å². The van der Waals surface area contributed by atoms with Gasteiger partial charge in [0.05, 0.1) is 24.5 Å². The number of benzene rings is 1. The Hall–Kier alpha value is -1.81. The molecule has 0 bridgehead atoms. The largest absolute Gasteiger partial charge is 0.376 e. The maximum Gasteiger partial charge on any atom is 0.0771 e. The molecule has 4 nitrogen and oxygen atoms in total.